The minimum atomic E-state index is -3.31. The summed E-state index contributed by atoms with van der Waals surface area (Å²) < 4.78 is 45.2. The molecule has 2 aliphatic carbocycles. The second-order valence-corrected chi connectivity index (χ2v) is 6.58. The Hall–Kier alpha value is -0.750. The molecular formula is C15H22F2O4. The lowest BCUT2D eigenvalue weighted by molar-refractivity contribution is -0.291. The number of alkyl halides is 2. The smallest absolute Gasteiger partial charge is 0.314 e. The number of hydrogen-bond donors (Lipinski definition) is 0. The normalized spacial score (nSPS) is 43.5. The monoisotopic (exact) mass is 304 g/mol. The molecule has 0 aromatic heterocycles. The molecule has 0 radical (unpaired) electrons. The van der Waals surface area contributed by atoms with Gasteiger partial charge in [-0.2, -0.15) is 0 Å². The number of methoxy groups -OCH3 is 1. The van der Waals surface area contributed by atoms with Gasteiger partial charge < -0.3 is 14.2 Å². The molecule has 3 rings (SSSR count). The largest absolute Gasteiger partial charge is 0.469 e. The maximum atomic E-state index is 14.6. The molecule has 120 valence electrons. The van der Waals surface area contributed by atoms with Crippen molar-refractivity contribution in [2.24, 2.45) is 17.8 Å². The molecule has 0 amide bonds. The van der Waals surface area contributed by atoms with Crippen LogP contribution in [0.15, 0.2) is 0 Å². The summed E-state index contributed by atoms with van der Waals surface area (Å²) in [5.41, 5.74) is 0. The minimum Gasteiger partial charge on any atom is -0.469 e. The highest BCUT2D eigenvalue weighted by Crippen LogP contribution is 2.52. The van der Waals surface area contributed by atoms with E-state index in [1.54, 1.807) is 6.92 Å². The lowest BCUT2D eigenvalue weighted by Gasteiger charge is -2.45. The van der Waals surface area contributed by atoms with Gasteiger partial charge in [-0.3, -0.25) is 4.79 Å². The zero-order chi connectivity index (χ0) is 15.4. The second kappa shape index (κ2) is 5.16. The minimum absolute atomic E-state index is 0.0563. The summed E-state index contributed by atoms with van der Waals surface area (Å²) in [6.07, 6.45) is 0.697. The quantitative estimate of drug-likeness (QED) is 0.751. The fourth-order valence-corrected chi connectivity index (χ4v) is 4.15. The highest BCUT2D eigenvalue weighted by Gasteiger charge is 2.60. The molecule has 7 unspecified atom stereocenters. The molecule has 0 aromatic carbocycles. The first-order chi connectivity index (χ1) is 9.86. The van der Waals surface area contributed by atoms with Crippen LogP contribution in [0, 0.1) is 17.8 Å². The van der Waals surface area contributed by atoms with Crippen LogP contribution in [0.4, 0.5) is 8.78 Å². The summed E-state index contributed by atoms with van der Waals surface area (Å²) in [6.45, 7) is 2.78. The highest BCUT2D eigenvalue weighted by molar-refractivity contribution is 5.73. The van der Waals surface area contributed by atoms with Crippen molar-refractivity contribution in [2.45, 2.75) is 63.4 Å². The maximum absolute atomic E-state index is 14.6. The number of ether oxygens (including phenoxy) is 3. The van der Waals surface area contributed by atoms with Gasteiger partial charge in [0.1, 0.15) is 12.0 Å². The molecule has 21 heavy (non-hydrogen) atoms. The van der Waals surface area contributed by atoms with Crippen molar-refractivity contribution in [1.82, 2.24) is 0 Å². The number of fused-ring (bicyclic) bond motifs is 5. The summed E-state index contributed by atoms with van der Waals surface area (Å²) in [5.74, 6) is -5.02. The molecule has 0 aromatic rings. The maximum Gasteiger partial charge on any atom is 0.314 e. The molecule has 3 fully saturated rings. The zero-order valence-corrected chi connectivity index (χ0v) is 12.6. The second-order valence-electron chi connectivity index (χ2n) is 6.58. The topological polar surface area (TPSA) is 44.8 Å². The van der Waals surface area contributed by atoms with Crippen LogP contribution < -0.4 is 0 Å². The van der Waals surface area contributed by atoms with Gasteiger partial charge in [-0.15, -0.1) is 0 Å². The van der Waals surface area contributed by atoms with Crippen molar-refractivity contribution in [3.63, 3.8) is 0 Å². The van der Waals surface area contributed by atoms with Crippen molar-refractivity contribution in [3.8, 4) is 0 Å². The van der Waals surface area contributed by atoms with E-state index in [9.17, 15) is 13.6 Å². The molecule has 2 saturated carbocycles. The van der Waals surface area contributed by atoms with Crippen LogP contribution in [-0.2, 0) is 19.0 Å². The molecular weight excluding hydrogens is 282 g/mol. The first-order valence-corrected chi connectivity index (χ1v) is 7.62. The van der Waals surface area contributed by atoms with E-state index in [0.717, 1.165) is 26.4 Å². The predicted molar refractivity (Wildman–Crippen MR) is 70.0 cm³/mol. The van der Waals surface area contributed by atoms with Gasteiger partial charge in [0, 0.05) is 0 Å². The van der Waals surface area contributed by atoms with Crippen LogP contribution in [0.25, 0.3) is 0 Å². The Morgan fingerprint density at radius 2 is 1.81 bits per heavy atom. The molecule has 0 N–H and O–H groups in total. The molecule has 1 saturated heterocycles. The van der Waals surface area contributed by atoms with Crippen LogP contribution in [0.3, 0.4) is 0 Å². The Morgan fingerprint density at radius 3 is 2.38 bits per heavy atom. The Kier molecular flexibility index (Phi) is 3.72. The molecule has 6 heteroatoms. The number of esters is 1. The average molecular weight is 304 g/mol. The van der Waals surface area contributed by atoms with E-state index in [4.69, 9.17) is 9.47 Å². The van der Waals surface area contributed by atoms with Crippen molar-refractivity contribution in [1.29, 1.82) is 0 Å². The fraction of sp³-hybridized carbons (Fsp3) is 0.933. The van der Waals surface area contributed by atoms with E-state index in [2.05, 4.69) is 4.74 Å². The van der Waals surface area contributed by atoms with Gasteiger partial charge in [-0.1, -0.05) is 0 Å². The first-order valence-electron chi connectivity index (χ1n) is 7.62. The third-order valence-corrected chi connectivity index (χ3v) is 5.38. The van der Waals surface area contributed by atoms with Crippen LogP contribution in [-0.4, -0.2) is 43.4 Å². The Balaban J connectivity index is 1.77. The van der Waals surface area contributed by atoms with E-state index in [1.807, 2.05) is 0 Å². The Labute approximate surface area is 123 Å². The molecule has 2 bridgehead atoms. The van der Waals surface area contributed by atoms with E-state index in [-0.39, 0.29) is 12.2 Å². The van der Waals surface area contributed by atoms with Gasteiger partial charge in [0.15, 0.2) is 0 Å². The summed E-state index contributed by atoms with van der Waals surface area (Å²) in [4.78, 5) is 11.5. The fourth-order valence-electron chi connectivity index (χ4n) is 4.15. The molecule has 3 aliphatic rings. The lowest BCUT2D eigenvalue weighted by atomic mass is 9.89. The van der Waals surface area contributed by atoms with E-state index in [0.29, 0.717) is 11.8 Å². The van der Waals surface area contributed by atoms with Gasteiger partial charge in [-0.05, 0) is 44.9 Å². The summed E-state index contributed by atoms with van der Waals surface area (Å²) >= 11 is 0. The predicted octanol–water partition coefficient (Wildman–Crippen LogP) is 2.40. The van der Waals surface area contributed by atoms with Gasteiger partial charge in [0.05, 0.1) is 25.4 Å². The first kappa shape index (κ1) is 15.2. The number of rotatable bonds is 3. The molecule has 0 spiro atoms. The van der Waals surface area contributed by atoms with Gasteiger partial charge >= 0.3 is 5.97 Å². The Bertz CT molecular complexity index is 428. The van der Waals surface area contributed by atoms with Crippen LogP contribution >= 0.6 is 0 Å². The standard InChI is InChI=1S/C15H22F2O4/c1-7(14(18)19-3)15(16,17)13-8(2)20-11-9-4-5-10(6-9)12(11)21-13/h7-13H,4-6H2,1-3H3. The summed E-state index contributed by atoms with van der Waals surface area (Å²) in [7, 11) is 1.11. The van der Waals surface area contributed by atoms with E-state index in [1.165, 1.54) is 6.92 Å². The highest BCUT2D eigenvalue weighted by atomic mass is 19.3. The number of halogens is 2. The number of carbonyl (C=O) groups excluding carboxylic acids is 1. The van der Waals surface area contributed by atoms with Crippen molar-refractivity contribution in [3.05, 3.63) is 0 Å². The van der Waals surface area contributed by atoms with Crippen molar-refractivity contribution >= 4 is 5.97 Å². The van der Waals surface area contributed by atoms with Gasteiger partial charge in [0.25, 0.3) is 5.92 Å². The van der Waals surface area contributed by atoms with Gasteiger partial charge in [-0.25, -0.2) is 8.78 Å². The van der Waals surface area contributed by atoms with Crippen LogP contribution in [0.2, 0.25) is 0 Å². The zero-order valence-electron chi connectivity index (χ0n) is 12.6. The van der Waals surface area contributed by atoms with Crippen LogP contribution in [0.1, 0.15) is 33.1 Å². The molecule has 1 aliphatic heterocycles. The lowest BCUT2D eigenvalue weighted by Crippen LogP contribution is -2.59. The summed E-state index contributed by atoms with van der Waals surface area (Å²) in [5, 5.41) is 0. The third-order valence-electron chi connectivity index (χ3n) is 5.38. The van der Waals surface area contributed by atoms with Gasteiger partial charge in [0.2, 0.25) is 0 Å². The SMILES string of the molecule is COC(=O)C(C)C(F)(F)C1OC2C3CCC(C3)C2OC1C. The van der Waals surface area contributed by atoms with Crippen molar-refractivity contribution < 1.29 is 27.8 Å². The number of hydrogen-bond acceptors (Lipinski definition) is 4. The molecule has 7 atom stereocenters. The Morgan fingerprint density at radius 1 is 1.24 bits per heavy atom. The molecule has 1 heterocycles. The van der Waals surface area contributed by atoms with Crippen LogP contribution in [0.5, 0.6) is 0 Å². The summed E-state index contributed by atoms with van der Waals surface area (Å²) in [6, 6.07) is 0. The number of carbonyl (C=O) groups is 1. The van der Waals surface area contributed by atoms with E-state index >= 15 is 0 Å². The van der Waals surface area contributed by atoms with Crippen molar-refractivity contribution in [2.75, 3.05) is 7.11 Å². The van der Waals surface area contributed by atoms with E-state index < -0.39 is 30.0 Å². The average Bonchev–Trinajstić information content (AvgIpc) is 3.06. The third kappa shape index (κ3) is 2.27. The molecule has 4 nitrogen and oxygen atoms in total.